The van der Waals surface area contributed by atoms with Crippen molar-refractivity contribution in [1.82, 2.24) is 0 Å². The van der Waals surface area contributed by atoms with Crippen LogP contribution in [0.2, 0.25) is 0 Å². The maximum atomic E-state index is 6.49. The van der Waals surface area contributed by atoms with Crippen molar-refractivity contribution in [2.75, 3.05) is 14.2 Å². The fourth-order valence-electron chi connectivity index (χ4n) is 2.56. The smallest absolute Gasteiger partial charge is 0.127 e. The molecule has 3 heteroatoms. The monoisotopic (exact) mass is 235 g/mol. The van der Waals surface area contributed by atoms with E-state index in [1.807, 2.05) is 19.1 Å². The van der Waals surface area contributed by atoms with Gasteiger partial charge in [-0.1, -0.05) is 13.8 Å². The van der Waals surface area contributed by atoms with Gasteiger partial charge < -0.3 is 15.2 Å². The molecule has 1 fully saturated rings. The Kier molecular flexibility index (Phi) is 2.62. The maximum absolute atomic E-state index is 6.49. The SMILES string of the molecule is COc1cc(C)cc(OC)c1C1(N)CC1(C)C. The molecule has 0 bridgehead atoms. The fourth-order valence-corrected chi connectivity index (χ4v) is 2.56. The highest BCUT2D eigenvalue weighted by molar-refractivity contribution is 5.55. The molecule has 1 saturated carbocycles. The summed E-state index contributed by atoms with van der Waals surface area (Å²) >= 11 is 0. The number of aryl methyl sites for hydroxylation is 1. The van der Waals surface area contributed by atoms with Crippen molar-refractivity contribution in [3.05, 3.63) is 23.3 Å². The summed E-state index contributed by atoms with van der Waals surface area (Å²) in [5.41, 5.74) is 8.37. The molecule has 0 aliphatic heterocycles. The van der Waals surface area contributed by atoms with E-state index in [0.29, 0.717) is 0 Å². The van der Waals surface area contributed by atoms with Gasteiger partial charge in [0, 0.05) is 0 Å². The van der Waals surface area contributed by atoms with E-state index in [4.69, 9.17) is 15.2 Å². The quantitative estimate of drug-likeness (QED) is 0.875. The van der Waals surface area contributed by atoms with Crippen LogP contribution in [0.3, 0.4) is 0 Å². The first-order valence-corrected chi connectivity index (χ1v) is 5.88. The van der Waals surface area contributed by atoms with E-state index in [2.05, 4.69) is 13.8 Å². The van der Waals surface area contributed by atoms with Crippen molar-refractivity contribution in [3.63, 3.8) is 0 Å². The number of hydrogen-bond donors (Lipinski definition) is 1. The molecular formula is C14H21NO2. The molecule has 2 N–H and O–H groups in total. The van der Waals surface area contributed by atoms with E-state index in [1.165, 1.54) is 0 Å². The van der Waals surface area contributed by atoms with Crippen LogP contribution in [0.1, 0.15) is 31.4 Å². The Hall–Kier alpha value is -1.22. The second-order valence-electron chi connectivity index (χ2n) is 5.58. The van der Waals surface area contributed by atoms with Crippen LogP contribution < -0.4 is 15.2 Å². The van der Waals surface area contributed by atoms with Crippen molar-refractivity contribution in [1.29, 1.82) is 0 Å². The van der Waals surface area contributed by atoms with Gasteiger partial charge in [0.05, 0.1) is 25.3 Å². The molecule has 1 atom stereocenters. The second kappa shape index (κ2) is 3.64. The molecule has 0 saturated heterocycles. The summed E-state index contributed by atoms with van der Waals surface area (Å²) in [7, 11) is 3.35. The molecule has 1 aliphatic carbocycles. The first kappa shape index (κ1) is 12.2. The van der Waals surface area contributed by atoms with E-state index in [1.54, 1.807) is 14.2 Å². The van der Waals surface area contributed by atoms with E-state index in [-0.39, 0.29) is 11.0 Å². The summed E-state index contributed by atoms with van der Waals surface area (Å²) in [5, 5.41) is 0. The lowest BCUT2D eigenvalue weighted by Gasteiger charge is -2.22. The summed E-state index contributed by atoms with van der Waals surface area (Å²) in [4.78, 5) is 0. The minimum Gasteiger partial charge on any atom is -0.496 e. The van der Waals surface area contributed by atoms with Gasteiger partial charge >= 0.3 is 0 Å². The second-order valence-corrected chi connectivity index (χ2v) is 5.58. The highest BCUT2D eigenvalue weighted by Gasteiger charge is 2.61. The summed E-state index contributed by atoms with van der Waals surface area (Å²) in [6.45, 7) is 6.37. The molecule has 0 radical (unpaired) electrons. The van der Waals surface area contributed by atoms with Gasteiger partial charge in [-0.2, -0.15) is 0 Å². The van der Waals surface area contributed by atoms with Gasteiger partial charge in [-0.15, -0.1) is 0 Å². The van der Waals surface area contributed by atoms with Crippen molar-refractivity contribution < 1.29 is 9.47 Å². The average Bonchev–Trinajstić information content (AvgIpc) is 2.77. The number of benzene rings is 1. The van der Waals surface area contributed by atoms with Gasteiger partial charge in [-0.25, -0.2) is 0 Å². The van der Waals surface area contributed by atoms with Gasteiger partial charge in [0.1, 0.15) is 11.5 Å². The van der Waals surface area contributed by atoms with Crippen LogP contribution in [0.5, 0.6) is 11.5 Å². The van der Waals surface area contributed by atoms with Crippen LogP contribution in [0.25, 0.3) is 0 Å². The summed E-state index contributed by atoms with van der Waals surface area (Å²) in [6.07, 6.45) is 0.954. The summed E-state index contributed by atoms with van der Waals surface area (Å²) in [5.74, 6) is 1.66. The molecule has 0 spiro atoms. The minimum absolute atomic E-state index is 0.100. The van der Waals surface area contributed by atoms with Crippen molar-refractivity contribution in [2.24, 2.45) is 11.1 Å². The summed E-state index contributed by atoms with van der Waals surface area (Å²) < 4.78 is 10.9. The Balaban J connectivity index is 2.60. The van der Waals surface area contributed by atoms with Crippen molar-refractivity contribution in [2.45, 2.75) is 32.7 Å². The number of ether oxygens (including phenoxy) is 2. The van der Waals surface area contributed by atoms with Crippen LogP contribution in [-0.2, 0) is 5.54 Å². The molecule has 94 valence electrons. The third kappa shape index (κ3) is 1.69. The normalized spacial score (nSPS) is 25.5. The Morgan fingerprint density at radius 1 is 1.12 bits per heavy atom. The molecule has 3 nitrogen and oxygen atoms in total. The number of rotatable bonds is 3. The molecule has 0 heterocycles. The fraction of sp³-hybridized carbons (Fsp3) is 0.571. The zero-order valence-corrected chi connectivity index (χ0v) is 11.3. The molecule has 0 aromatic heterocycles. The largest absolute Gasteiger partial charge is 0.496 e. The third-order valence-electron chi connectivity index (χ3n) is 3.90. The highest BCUT2D eigenvalue weighted by Crippen LogP contribution is 2.64. The molecule has 1 aromatic carbocycles. The molecule has 2 rings (SSSR count). The Labute approximate surface area is 103 Å². The standard InChI is InChI=1S/C14H21NO2/c1-9-6-10(16-4)12(11(7-9)17-5)14(15)8-13(14,2)3/h6-7H,8,15H2,1-5H3. The number of hydrogen-bond acceptors (Lipinski definition) is 3. The molecule has 0 amide bonds. The van der Waals surface area contributed by atoms with Crippen LogP contribution in [0.15, 0.2) is 12.1 Å². The maximum Gasteiger partial charge on any atom is 0.127 e. The van der Waals surface area contributed by atoms with Gasteiger partial charge in [0.2, 0.25) is 0 Å². The molecular weight excluding hydrogens is 214 g/mol. The van der Waals surface area contributed by atoms with Gasteiger partial charge in [0.15, 0.2) is 0 Å². The lowest BCUT2D eigenvalue weighted by molar-refractivity contribution is 0.366. The predicted molar refractivity (Wildman–Crippen MR) is 68.5 cm³/mol. The Morgan fingerprint density at radius 3 is 1.82 bits per heavy atom. The van der Waals surface area contributed by atoms with E-state index >= 15 is 0 Å². The Bertz CT molecular complexity index is 429. The first-order valence-electron chi connectivity index (χ1n) is 5.88. The van der Waals surface area contributed by atoms with E-state index in [9.17, 15) is 0 Å². The minimum atomic E-state index is -0.336. The van der Waals surface area contributed by atoms with Crippen molar-refractivity contribution >= 4 is 0 Å². The lowest BCUT2D eigenvalue weighted by atomic mass is 9.94. The highest BCUT2D eigenvalue weighted by atomic mass is 16.5. The van der Waals surface area contributed by atoms with Gasteiger partial charge in [-0.05, 0) is 36.5 Å². The van der Waals surface area contributed by atoms with Crippen LogP contribution >= 0.6 is 0 Å². The van der Waals surface area contributed by atoms with Crippen LogP contribution in [0, 0.1) is 12.3 Å². The zero-order chi connectivity index (χ0) is 12.8. The van der Waals surface area contributed by atoms with E-state index in [0.717, 1.165) is 29.0 Å². The number of methoxy groups -OCH3 is 2. The molecule has 1 aliphatic rings. The van der Waals surface area contributed by atoms with Gasteiger partial charge in [0.25, 0.3) is 0 Å². The van der Waals surface area contributed by atoms with Crippen molar-refractivity contribution in [3.8, 4) is 11.5 Å². The molecule has 1 unspecified atom stereocenters. The number of nitrogens with two attached hydrogens (primary N) is 1. The topological polar surface area (TPSA) is 44.5 Å². The first-order chi connectivity index (χ1) is 7.85. The predicted octanol–water partition coefficient (Wildman–Crippen LogP) is 2.60. The molecule has 17 heavy (non-hydrogen) atoms. The lowest BCUT2D eigenvalue weighted by Crippen LogP contribution is -2.27. The van der Waals surface area contributed by atoms with E-state index < -0.39 is 0 Å². The third-order valence-corrected chi connectivity index (χ3v) is 3.90. The Morgan fingerprint density at radius 2 is 1.53 bits per heavy atom. The zero-order valence-electron chi connectivity index (χ0n) is 11.3. The van der Waals surface area contributed by atoms with Gasteiger partial charge in [-0.3, -0.25) is 0 Å². The van der Waals surface area contributed by atoms with Crippen LogP contribution in [-0.4, -0.2) is 14.2 Å². The molecule has 1 aromatic rings. The average molecular weight is 235 g/mol. The van der Waals surface area contributed by atoms with Crippen LogP contribution in [0.4, 0.5) is 0 Å². The summed E-state index contributed by atoms with van der Waals surface area (Å²) in [6, 6.07) is 4.03.